The van der Waals surface area contributed by atoms with E-state index in [0.717, 1.165) is 23.8 Å². The van der Waals surface area contributed by atoms with Gasteiger partial charge in [0.25, 0.3) is 5.56 Å². The van der Waals surface area contributed by atoms with Crippen molar-refractivity contribution in [2.45, 2.75) is 36.8 Å². The van der Waals surface area contributed by atoms with Crippen molar-refractivity contribution >= 4 is 17.7 Å². The van der Waals surface area contributed by atoms with Crippen LogP contribution in [0.2, 0.25) is 0 Å². The van der Waals surface area contributed by atoms with E-state index in [1.807, 2.05) is 32.0 Å². The minimum Gasteiger partial charge on any atom is -0.372 e. The van der Waals surface area contributed by atoms with E-state index >= 15 is 0 Å². The number of hydrogen-bond acceptors (Lipinski definition) is 6. The lowest BCUT2D eigenvalue weighted by atomic mass is 10.2. The lowest BCUT2D eigenvalue weighted by Crippen LogP contribution is -2.46. The quantitative estimate of drug-likeness (QED) is 0.864. The number of aromatic nitrogens is 3. The predicted molar refractivity (Wildman–Crippen MR) is 90.9 cm³/mol. The molecule has 0 saturated carbocycles. The highest BCUT2D eigenvalue weighted by atomic mass is 32.2. The Balaban J connectivity index is 1.75. The minimum absolute atomic E-state index is 0.121. The molecule has 6 nitrogen and oxygen atoms in total. The zero-order chi connectivity index (χ0) is 16.2. The Hall–Kier alpha value is -1.86. The average molecular weight is 332 g/mol. The van der Waals surface area contributed by atoms with Crippen molar-refractivity contribution in [2.75, 3.05) is 18.0 Å². The third-order valence-corrected chi connectivity index (χ3v) is 4.48. The zero-order valence-electron chi connectivity index (χ0n) is 13.2. The molecule has 2 aromatic rings. The Morgan fingerprint density at radius 3 is 2.83 bits per heavy atom. The van der Waals surface area contributed by atoms with Gasteiger partial charge in [-0.2, -0.15) is 0 Å². The summed E-state index contributed by atoms with van der Waals surface area (Å²) in [6, 6.07) is 7.33. The second-order valence-electron chi connectivity index (χ2n) is 5.68. The third kappa shape index (κ3) is 4.33. The molecule has 1 saturated heterocycles. The number of ether oxygens (including phenoxy) is 1. The Labute approximate surface area is 139 Å². The Morgan fingerprint density at radius 2 is 2.13 bits per heavy atom. The molecular formula is C16H20N4O2S. The van der Waals surface area contributed by atoms with Gasteiger partial charge in [-0.15, -0.1) is 11.8 Å². The molecule has 122 valence electrons. The summed E-state index contributed by atoms with van der Waals surface area (Å²) in [4.78, 5) is 25.7. The molecule has 0 radical (unpaired) electrons. The molecule has 0 amide bonds. The lowest BCUT2D eigenvalue weighted by molar-refractivity contribution is -0.00574. The number of nitrogens with zero attached hydrogens (tertiary/aromatic N) is 3. The van der Waals surface area contributed by atoms with E-state index < -0.39 is 0 Å². The van der Waals surface area contributed by atoms with Gasteiger partial charge in [0.15, 0.2) is 0 Å². The lowest BCUT2D eigenvalue weighted by Gasteiger charge is -2.35. The van der Waals surface area contributed by atoms with E-state index in [2.05, 4.69) is 19.9 Å². The minimum atomic E-state index is -0.126. The zero-order valence-corrected chi connectivity index (χ0v) is 14.0. The normalized spacial score (nSPS) is 21.4. The summed E-state index contributed by atoms with van der Waals surface area (Å²) in [6.45, 7) is 5.51. The molecule has 0 spiro atoms. The van der Waals surface area contributed by atoms with E-state index in [1.54, 1.807) is 24.0 Å². The Kier molecular flexibility index (Phi) is 4.97. The van der Waals surface area contributed by atoms with Crippen LogP contribution in [-0.4, -0.2) is 40.2 Å². The molecule has 0 bridgehead atoms. The fraction of sp³-hybridized carbons (Fsp3) is 0.438. The number of morpholine rings is 1. The molecular weight excluding hydrogens is 312 g/mol. The molecule has 2 aromatic heterocycles. The van der Waals surface area contributed by atoms with Crippen LogP contribution in [0.1, 0.15) is 19.5 Å². The standard InChI is InChI=1S/C16H20N4O2S/c1-11-8-20(9-12(2)22-11)16-18-13(7-14(21)19-16)10-23-15-5-3-4-6-17-15/h3-7,11-12H,8-10H2,1-2H3,(H,18,19,21)/t11-,12+. The monoisotopic (exact) mass is 332 g/mol. The summed E-state index contributed by atoms with van der Waals surface area (Å²) in [5.41, 5.74) is 0.629. The predicted octanol–water partition coefficient (Wildman–Crippen LogP) is 2.07. The van der Waals surface area contributed by atoms with Gasteiger partial charge in [-0.25, -0.2) is 9.97 Å². The van der Waals surface area contributed by atoms with E-state index in [9.17, 15) is 4.79 Å². The fourth-order valence-corrected chi connectivity index (χ4v) is 3.40. The van der Waals surface area contributed by atoms with Crippen LogP contribution in [0.3, 0.4) is 0 Å². The topological polar surface area (TPSA) is 71.1 Å². The van der Waals surface area contributed by atoms with Crippen molar-refractivity contribution in [1.82, 2.24) is 15.0 Å². The average Bonchev–Trinajstić information content (AvgIpc) is 2.52. The van der Waals surface area contributed by atoms with Crippen LogP contribution in [0.15, 0.2) is 40.3 Å². The fourth-order valence-electron chi connectivity index (χ4n) is 2.65. The van der Waals surface area contributed by atoms with Crippen LogP contribution < -0.4 is 10.5 Å². The van der Waals surface area contributed by atoms with Crippen LogP contribution >= 0.6 is 11.8 Å². The highest BCUT2D eigenvalue weighted by Gasteiger charge is 2.24. The molecule has 1 aliphatic heterocycles. The number of rotatable bonds is 4. The van der Waals surface area contributed by atoms with E-state index in [1.165, 1.54) is 0 Å². The Morgan fingerprint density at radius 1 is 1.35 bits per heavy atom. The molecule has 0 unspecified atom stereocenters. The molecule has 23 heavy (non-hydrogen) atoms. The van der Waals surface area contributed by atoms with Crippen LogP contribution in [0.5, 0.6) is 0 Å². The second kappa shape index (κ2) is 7.14. The van der Waals surface area contributed by atoms with Crippen molar-refractivity contribution in [2.24, 2.45) is 0 Å². The highest BCUT2D eigenvalue weighted by molar-refractivity contribution is 7.98. The van der Waals surface area contributed by atoms with Gasteiger partial charge in [0, 0.05) is 31.1 Å². The first kappa shape index (κ1) is 16.0. The first-order valence-corrected chi connectivity index (χ1v) is 8.63. The largest absolute Gasteiger partial charge is 0.372 e. The first-order chi connectivity index (χ1) is 11.1. The molecule has 0 aliphatic carbocycles. The Bertz CT molecular complexity index is 697. The first-order valence-electron chi connectivity index (χ1n) is 7.64. The summed E-state index contributed by atoms with van der Waals surface area (Å²) in [7, 11) is 0. The summed E-state index contributed by atoms with van der Waals surface area (Å²) in [6.07, 6.45) is 2.00. The van der Waals surface area contributed by atoms with Gasteiger partial charge < -0.3 is 9.64 Å². The van der Waals surface area contributed by atoms with Gasteiger partial charge in [0.1, 0.15) is 0 Å². The summed E-state index contributed by atoms with van der Waals surface area (Å²) in [5.74, 6) is 1.24. The molecule has 0 aromatic carbocycles. The van der Waals surface area contributed by atoms with Gasteiger partial charge in [-0.05, 0) is 26.0 Å². The second-order valence-corrected chi connectivity index (χ2v) is 6.67. The molecule has 3 heterocycles. The van der Waals surface area contributed by atoms with Gasteiger partial charge >= 0.3 is 0 Å². The number of aromatic amines is 1. The maximum atomic E-state index is 11.9. The number of pyridine rings is 1. The molecule has 1 N–H and O–H groups in total. The summed E-state index contributed by atoms with van der Waals surface area (Å²) >= 11 is 1.57. The molecule has 1 fully saturated rings. The number of nitrogens with one attached hydrogen (secondary N) is 1. The van der Waals surface area contributed by atoms with Crippen LogP contribution in [0, 0.1) is 0 Å². The van der Waals surface area contributed by atoms with E-state index in [4.69, 9.17) is 4.74 Å². The molecule has 2 atom stereocenters. The number of H-pyrrole nitrogens is 1. The molecule has 1 aliphatic rings. The van der Waals surface area contributed by atoms with Crippen molar-refractivity contribution in [1.29, 1.82) is 0 Å². The van der Waals surface area contributed by atoms with E-state index in [-0.39, 0.29) is 17.8 Å². The smallest absolute Gasteiger partial charge is 0.252 e. The van der Waals surface area contributed by atoms with Crippen molar-refractivity contribution in [3.8, 4) is 0 Å². The molecule has 7 heteroatoms. The van der Waals surface area contributed by atoms with Crippen LogP contribution in [0.25, 0.3) is 0 Å². The number of thioether (sulfide) groups is 1. The molecule has 3 rings (SSSR count). The van der Waals surface area contributed by atoms with Crippen molar-refractivity contribution in [3.63, 3.8) is 0 Å². The van der Waals surface area contributed by atoms with Gasteiger partial charge in [-0.3, -0.25) is 9.78 Å². The van der Waals surface area contributed by atoms with Crippen molar-refractivity contribution in [3.05, 3.63) is 46.5 Å². The number of anilines is 1. The SMILES string of the molecule is C[C@@H]1CN(c2nc(CSc3ccccn3)cc(=O)[nH]2)C[C@H](C)O1. The maximum absolute atomic E-state index is 11.9. The van der Waals surface area contributed by atoms with Crippen molar-refractivity contribution < 1.29 is 4.74 Å². The summed E-state index contributed by atoms with van der Waals surface area (Å²) in [5, 5.41) is 0.921. The van der Waals surface area contributed by atoms with Gasteiger partial charge in [0.2, 0.25) is 5.95 Å². The van der Waals surface area contributed by atoms with Crippen LogP contribution in [0.4, 0.5) is 5.95 Å². The summed E-state index contributed by atoms with van der Waals surface area (Å²) < 4.78 is 5.73. The van der Waals surface area contributed by atoms with Gasteiger partial charge in [-0.1, -0.05) is 6.07 Å². The van der Waals surface area contributed by atoms with E-state index in [0.29, 0.717) is 11.7 Å². The third-order valence-electron chi connectivity index (χ3n) is 3.51. The van der Waals surface area contributed by atoms with Crippen LogP contribution in [-0.2, 0) is 10.5 Å². The highest BCUT2D eigenvalue weighted by Crippen LogP contribution is 2.20. The number of hydrogen-bond donors (Lipinski definition) is 1. The maximum Gasteiger partial charge on any atom is 0.252 e. The van der Waals surface area contributed by atoms with Gasteiger partial charge in [0.05, 0.1) is 22.9 Å².